The summed E-state index contributed by atoms with van der Waals surface area (Å²) in [5.41, 5.74) is 0.611. The predicted octanol–water partition coefficient (Wildman–Crippen LogP) is 2.56. The Hall–Kier alpha value is 0.350. The van der Waals surface area contributed by atoms with Crippen LogP contribution < -0.4 is 0 Å². The van der Waals surface area contributed by atoms with Gasteiger partial charge in [0.15, 0.2) is 0 Å². The summed E-state index contributed by atoms with van der Waals surface area (Å²) in [5, 5.41) is 0. The maximum atomic E-state index is 2.32. The van der Waals surface area contributed by atoms with Crippen LogP contribution >= 0.6 is 13.5 Å². The minimum atomic E-state index is 0. The summed E-state index contributed by atoms with van der Waals surface area (Å²) >= 11 is 0. The second-order valence-electron chi connectivity index (χ2n) is 3.64. The minimum Gasteiger partial charge on any atom is -0.197 e. The van der Waals surface area contributed by atoms with Gasteiger partial charge in [0.05, 0.1) is 0 Å². The highest BCUT2D eigenvalue weighted by Crippen LogP contribution is 2.44. The zero-order chi connectivity index (χ0) is 5.49. The average Bonchev–Trinajstić information content (AvgIpc) is 1.99. The Balaban J connectivity index is 0.000000490. The van der Waals surface area contributed by atoms with E-state index in [1.54, 1.807) is 0 Å². The highest BCUT2D eigenvalue weighted by atomic mass is 32.1. The van der Waals surface area contributed by atoms with Gasteiger partial charge in [-0.1, -0.05) is 20.8 Å². The zero-order valence-electron chi connectivity index (χ0n) is 5.99. The second kappa shape index (κ2) is 2.30. The van der Waals surface area contributed by atoms with Crippen LogP contribution in [0.5, 0.6) is 0 Å². The molecule has 0 atom stereocenters. The molecule has 8 heavy (non-hydrogen) atoms. The summed E-state index contributed by atoms with van der Waals surface area (Å²) in [6, 6.07) is 0. The molecule has 0 unspecified atom stereocenters. The maximum Gasteiger partial charge on any atom is -0.0354 e. The van der Waals surface area contributed by atoms with Crippen LogP contribution in [-0.4, -0.2) is 0 Å². The molecule has 0 heterocycles. The molecule has 1 aliphatic rings. The summed E-state index contributed by atoms with van der Waals surface area (Å²) < 4.78 is 0. The van der Waals surface area contributed by atoms with Crippen molar-refractivity contribution in [2.45, 2.75) is 33.6 Å². The van der Waals surface area contributed by atoms with Crippen molar-refractivity contribution in [3.05, 3.63) is 0 Å². The zero-order valence-corrected chi connectivity index (χ0v) is 6.99. The molecule has 0 amide bonds. The standard InChI is InChI=1S/C7H14.H2S/c1-7(2,3)6-4-5-6;/h6H,4-5H2,1-3H3;1H2. The minimum absolute atomic E-state index is 0. The Kier molecular flexibility index (Phi) is 2.40. The van der Waals surface area contributed by atoms with Gasteiger partial charge in [-0.2, -0.15) is 13.5 Å². The van der Waals surface area contributed by atoms with Crippen LogP contribution in [0.25, 0.3) is 0 Å². The van der Waals surface area contributed by atoms with Gasteiger partial charge < -0.3 is 0 Å². The van der Waals surface area contributed by atoms with E-state index >= 15 is 0 Å². The van der Waals surface area contributed by atoms with E-state index < -0.39 is 0 Å². The lowest BCUT2D eigenvalue weighted by atomic mass is 9.91. The Bertz CT molecular complexity index is 66.9. The van der Waals surface area contributed by atoms with Gasteiger partial charge in [-0.25, -0.2) is 0 Å². The molecule has 0 radical (unpaired) electrons. The van der Waals surface area contributed by atoms with E-state index in [0.29, 0.717) is 5.41 Å². The van der Waals surface area contributed by atoms with E-state index in [9.17, 15) is 0 Å². The third-order valence-corrected chi connectivity index (χ3v) is 1.80. The van der Waals surface area contributed by atoms with Crippen molar-refractivity contribution in [1.29, 1.82) is 0 Å². The predicted molar refractivity (Wildman–Crippen MR) is 42.6 cm³/mol. The lowest BCUT2D eigenvalue weighted by Gasteiger charge is -2.15. The Labute approximate surface area is 59.1 Å². The van der Waals surface area contributed by atoms with Gasteiger partial charge in [0.1, 0.15) is 0 Å². The van der Waals surface area contributed by atoms with Gasteiger partial charge in [0, 0.05) is 0 Å². The molecule has 50 valence electrons. The van der Waals surface area contributed by atoms with Crippen LogP contribution in [0.4, 0.5) is 0 Å². The van der Waals surface area contributed by atoms with Gasteiger partial charge in [0.25, 0.3) is 0 Å². The van der Waals surface area contributed by atoms with Gasteiger partial charge >= 0.3 is 0 Å². The molecule has 0 N–H and O–H groups in total. The molecule has 1 aliphatic carbocycles. The number of hydrogen-bond donors (Lipinski definition) is 0. The third kappa shape index (κ3) is 2.08. The Morgan fingerprint density at radius 3 is 1.50 bits per heavy atom. The van der Waals surface area contributed by atoms with Crippen molar-refractivity contribution >= 4 is 13.5 Å². The molecule has 0 nitrogen and oxygen atoms in total. The topological polar surface area (TPSA) is 0 Å². The van der Waals surface area contributed by atoms with E-state index in [0.717, 1.165) is 5.92 Å². The molecule has 0 aromatic carbocycles. The van der Waals surface area contributed by atoms with Crippen molar-refractivity contribution < 1.29 is 0 Å². The van der Waals surface area contributed by atoms with E-state index in [1.807, 2.05) is 0 Å². The fraction of sp³-hybridized carbons (Fsp3) is 1.00. The van der Waals surface area contributed by atoms with E-state index in [1.165, 1.54) is 12.8 Å². The first-order valence-electron chi connectivity index (χ1n) is 3.11. The third-order valence-electron chi connectivity index (χ3n) is 1.80. The highest BCUT2D eigenvalue weighted by molar-refractivity contribution is 7.59. The summed E-state index contributed by atoms with van der Waals surface area (Å²) in [6.07, 6.45) is 2.95. The van der Waals surface area contributed by atoms with E-state index in [2.05, 4.69) is 20.8 Å². The van der Waals surface area contributed by atoms with Crippen LogP contribution in [0.15, 0.2) is 0 Å². The summed E-state index contributed by atoms with van der Waals surface area (Å²) in [4.78, 5) is 0. The average molecular weight is 132 g/mol. The molecule has 0 aromatic rings. The molecule has 1 heteroatoms. The molecule has 0 aliphatic heterocycles. The summed E-state index contributed by atoms with van der Waals surface area (Å²) in [7, 11) is 0. The molecular weight excluding hydrogens is 116 g/mol. The smallest absolute Gasteiger partial charge is 0.0354 e. The van der Waals surface area contributed by atoms with Gasteiger partial charge in [-0.3, -0.25) is 0 Å². The van der Waals surface area contributed by atoms with Gasteiger partial charge in [-0.05, 0) is 24.2 Å². The quantitative estimate of drug-likeness (QED) is 0.475. The van der Waals surface area contributed by atoms with Crippen molar-refractivity contribution in [1.82, 2.24) is 0 Å². The first-order valence-corrected chi connectivity index (χ1v) is 3.11. The molecule has 1 fully saturated rings. The van der Waals surface area contributed by atoms with Gasteiger partial charge in [0.2, 0.25) is 0 Å². The van der Waals surface area contributed by atoms with Crippen molar-refractivity contribution in [2.75, 3.05) is 0 Å². The maximum absolute atomic E-state index is 2.32. The van der Waals surface area contributed by atoms with Crippen molar-refractivity contribution in [3.8, 4) is 0 Å². The largest absolute Gasteiger partial charge is 0.197 e. The molecular formula is C7H16S. The van der Waals surface area contributed by atoms with Crippen LogP contribution in [0.3, 0.4) is 0 Å². The molecule has 0 saturated heterocycles. The van der Waals surface area contributed by atoms with Crippen molar-refractivity contribution in [2.24, 2.45) is 11.3 Å². The lowest BCUT2D eigenvalue weighted by molar-refractivity contribution is 0.351. The highest BCUT2D eigenvalue weighted by Gasteiger charge is 2.33. The molecule has 0 bridgehead atoms. The number of hydrogen-bond acceptors (Lipinski definition) is 0. The second-order valence-corrected chi connectivity index (χ2v) is 3.64. The van der Waals surface area contributed by atoms with Crippen LogP contribution in [0.2, 0.25) is 0 Å². The normalized spacial score (nSPS) is 19.9. The van der Waals surface area contributed by atoms with E-state index in [4.69, 9.17) is 0 Å². The van der Waals surface area contributed by atoms with Crippen LogP contribution in [0, 0.1) is 11.3 Å². The first-order chi connectivity index (χ1) is 3.11. The van der Waals surface area contributed by atoms with Crippen LogP contribution in [0.1, 0.15) is 33.6 Å². The molecule has 1 rings (SSSR count). The lowest BCUT2D eigenvalue weighted by Crippen LogP contribution is -2.06. The fourth-order valence-corrected chi connectivity index (χ4v) is 0.949. The Morgan fingerprint density at radius 2 is 1.50 bits per heavy atom. The van der Waals surface area contributed by atoms with Crippen LogP contribution in [-0.2, 0) is 0 Å². The summed E-state index contributed by atoms with van der Waals surface area (Å²) in [5.74, 6) is 1.05. The monoisotopic (exact) mass is 132 g/mol. The number of rotatable bonds is 0. The van der Waals surface area contributed by atoms with Crippen molar-refractivity contribution in [3.63, 3.8) is 0 Å². The fourth-order valence-electron chi connectivity index (χ4n) is 0.949. The molecule has 1 saturated carbocycles. The Morgan fingerprint density at radius 1 is 1.12 bits per heavy atom. The molecule has 0 spiro atoms. The van der Waals surface area contributed by atoms with Gasteiger partial charge in [-0.15, -0.1) is 0 Å². The first kappa shape index (κ1) is 8.35. The summed E-state index contributed by atoms with van der Waals surface area (Å²) in [6.45, 7) is 6.97. The van der Waals surface area contributed by atoms with E-state index in [-0.39, 0.29) is 13.5 Å². The molecule has 0 aromatic heterocycles. The SMILES string of the molecule is CC(C)(C)C1CC1.S.